The lowest BCUT2D eigenvalue weighted by Crippen LogP contribution is -2.02. The Morgan fingerprint density at radius 3 is 2.76 bits per heavy atom. The molecule has 0 saturated carbocycles. The number of benzene rings is 1. The molecule has 0 bridgehead atoms. The molecule has 5 heteroatoms. The van der Waals surface area contributed by atoms with E-state index in [0.717, 1.165) is 22.2 Å². The number of anilines is 1. The molecule has 0 aliphatic carbocycles. The van der Waals surface area contributed by atoms with Crippen LogP contribution < -0.4 is 5.73 Å². The van der Waals surface area contributed by atoms with Crippen LogP contribution in [0.3, 0.4) is 0 Å². The third-order valence-electron chi connectivity index (χ3n) is 2.38. The van der Waals surface area contributed by atoms with E-state index >= 15 is 0 Å². The number of hydrogen-bond acceptors (Lipinski definition) is 4. The summed E-state index contributed by atoms with van der Waals surface area (Å²) in [5.74, 6) is 1.12. The van der Waals surface area contributed by atoms with E-state index in [1.54, 1.807) is 18.2 Å². The van der Waals surface area contributed by atoms with Crippen LogP contribution in [0.15, 0.2) is 28.7 Å². The number of aryl methyl sites for hydroxylation is 1. The molecule has 1 aromatic carbocycles. The predicted molar refractivity (Wildman–Crippen MR) is 70.6 cm³/mol. The SMILES string of the molecule is CCc1nc(-c2cccc(O)c2)nc(N)c1Br. The molecule has 1 heterocycles. The number of phenols is 1. The second-order valence-electron chi connectivity index (χ2n) is 3.60. The van der Waals surface area contributed by atoms with Gasteiger partial charge in [0.1, 0.15) is 11.6 Å². The van der Waals surface area contributed by atoms with Crippen LogP contribution in [0.25, 0.3) is 11.4 Å². The molecule has 3 N–H and O–H groups in total. The molecule has 4 nitrogen and oxygen atoms in total. The lowest BCUT2D eigenvalue weighted by atomic mass is 10.2. The molecule has 0 radical (unpaired) electrons. The standard InChI is InChI=1S/C12H12BrN3O/c1-2-9-10(13)11(14)16-12(15-9)7-4-3-5-8(17)6-7/h3-6,17H,2H2,1H3,(H2,14,15,16). The zero-order valence-corrected chi connectivity index (χ0v) is 10.9. The van der Waals surface area contributed by atoms with E-state index in [4.69, 9.17) is 5.73 Å². The van der Waals surface area contributed by atoms with Gasteiger partial charge in [-0.1, -0.05) is 19.1 Å². The van der Waals surface area contributed by atoms with Crippen molar-refractivity contribution in [2.75, 3.05) is 5.73 Å². The Morgan fingerprint density at radius 2 is 2.12 bits per heavy atom. The van der Waals surface area contributed by atoms with Crippen LogP contribution in [0.2, 0.25) is 0 Å². The van der Waals surface area contributed by atoms with Crippen LogP contribution in [0.1, 0.15) is 12.6 Å². The van der Waals surface area contributed by atoms with Crippen LogP contribution in [-0.4, -0.2) is 15.1 Å². The highest BCUT2D eigenvalue weighted by Crippen LogP contribution is 2.26. The third-order valence-corrected chi connectivity index (χ3v) is 3.25. The number of nitrogen functional groups attached to an aromatic ring is 1. The first-order chi connectivity index (χ1) is 8.11. The van der Waals surface area contributed by atoms with Crippen LogP contribution in [0.5, 0.6) is 5.75 Å². The van der Waals surface area contributed by atoms with E-state index in [-0.39, 0.29) is 5.75 Å². The number of nitrogens with zero attached hydrogens (tertiary/aromatic N) is 2. The third kappa shape index (κ3) is 2.39. The van der Waals surface area contributed by atoms with Gasteiger partial charge in [-0.2, -0.15) is 0 Å². The summed E-state index contributed by atoms with van der Waals surface area (Å²) in [6, 6.07) is 6.80. The summed E-state index contributed by atoms with van der Waals surface area (Å²) in [6.45, 7) is 2.00. The van der Waals surface area contributed by atoms with Gasteiger partial charge in [0.15, 0.2) is 5.82 Å². The number of hydrogen-bond donors (Lipinski definition) is 2. The molecule has 1 aromatic heterocycles. The molecule has 88 valence electrons. The summed E-state index contributed by atoms with van der Waals surface area (Å²) < 4.78 is 0.740. The van der Waals surface area contributed by atoms with E-state index in [2.05, 4.69) is 25.9 Å². The first-order valence-electron chi connectivity index (χ1n) is 5.23. The molecule has 0 aliphatic rings. The van der Waals surface area contributed by atoms with Crippen molar-refractivity contribution in [1.29, 1.82) is 0 Å². The first-order valence-corrected chi connectivity index (χ1v) is 6.02. The van der Waals surface area contributed by atoms with Crippen molar-refractivity contribution < 1.29 is 5.11 Å². The number of phenolic OH excluding ortho intramolecular Hbond substituents is 1. The molecule has 0 amide bonds. The van der Waals surface area contributed by atoms with Gasteiger partial charge in [-0.05, 0) is 34.5 Å². The zero-order chi connectivity index (χ0) is 12.4. The molecule has 0 saturated heterocycles. The van der Waals surface area contributed by atoms with Crippen LogP contribution in [0, 0.1) is 0 Å². The van der Waals surface area contributed by atoms with E-state index in [1.165, 1.54) is 0 Å². The Balaban J connectivity index is 2.56. The van der Waals surface area contributed by atoms with Gasteiger partial charge in [-0.15, -0.1) is 0 Å². The van der Waals surface area contributed by atoms with E-state index < -0.39 is 0 Å². The second-order valence-corrected chi connectivity index (χ2v) is 4.39. The predicted octanol–water partition coefficient (Wildman–Crippen LogP) is 2.76. The fraction of sp³-hybridized carbons (Fsp3) is 0.167. The average Bonchev–Trinajstić information content (AvgIpc) is 2.32. The van der Waals surface area contributed by atoms with Gasteiger partial charge < -0.3 is 10.8 Å². The van der Waals surface area contributed by atoms with Crippen LogP contribution >= 0.6 is 15.9 Å². The van der Waals surface area contributed by atoms with E-state index in [0.29, 0.717) is 11.6 Å². The minimum Gasteiger partial charge on any atom is -0.508 e. The largest absolute Gasteiger partial charge is 0.508 e. The lowest BCUT2D eigenvalue weighted by molar-refractivity contribution is 0.475. The Bertz CT molecular complexity index is 557. The Labute approximate surface area is 108 Å². The first kappa shape index (κ1) is 11.9. The molecule has 0 atom stereocenters. The summed E-state index contributed by atoms with van der Waals surface area (Å²) in [4.78, 5) is 8.62. The lowest BCUT2D eigenvalue weighted by Gasteiger charge is -2.07. The van der Waals surface area contributed by atoms with Gasteiger partial charge in [0.05, 0.1) is 10.2 Å². The van der Waals surface area contributed by atoms with Crippen molar-refractivity contribution in [3.8, 4) is 17.1 Å². The molecular formula is C12H12BrN3O. The van der Waals surface area contributed by atoms with Gasteiger partial charge in [-0.3, -0.25) is 0 Å². The zero-order valence-electron chi connectivity index (χ0n) is 9.31. The Hall–Kier alpha value is -1.62. The number of aromatic hydroxyl groups is 1. The monoisotopic (exact) mass is 293 g/mol. The van der Waals surface area contributed by atoms with Gasteiger partial charge in [0, 0.05) is 5.56 Å². The second kappa shape index (κ2) is 4.71. The number of aromatic nitrogens is 2. The number of rotatable bonds is 2. The highest BCUT2D eigenvalue weighted by Gasteiger charge is 2.10. The smallest absolute Gasteiger partial charge is 0.161 e. The number of halogens is 1. The maximum absolute atomic E-state index is 9.43. The molecule has 17 heavy (non-hydrogen) atoms. The molecule has 2 rings (SSSR count). The summed E-state index contributed by atoms with van der Waals surface area (Å²) in [6.07, 6.45) is 0.763. The van der Waals surface area contributed by atoms with Gasteiger partial charge in [-0.25, -0.2) is 9.97 Å². The van der Waals surface area contributed by atoms with Crippen molar-refractivity contribution in [1.82, 2.24) is 9.97 Å². The highest BCUT2D eigenvalue weighted by molar-refractivity contribution is 9.10. The molecular weight excluding hydrogens is 282 g/mol. The van der Waals surface area contributed by atoms with E-state index in [9.17, 15) is 5.11 Å². The van der Waals surface area contributed by atoms with Crippen LogP contribution in [-0.2, 0) is 6.42 Å². The minimum atomic E-state index is 0.186. The summed E-state index contributed by atoms with van der Waals surface area (Å²) >= 11 is 3.36. The van der Waals surface area contributed by atoms with Crippen molar-refractivity contribution >= 4 is 21.7 Å². The minimum absolute atomic E-state index is 0.186. The van der Waals surface area contributed by atoms with Gasteiger partial charge >= 0.3 is 0 Å². The van der Waals surface area contributed by atoms with Gasteiger partial charge in [0.2, 0.25) is 0 Å². The maximum Gasteiger partial charge on any atom is 0.161 e. The summed E-state index contributed by atoms with van der Waals surface area (Å²) in [5.41, 5.74) is 7.42. The van der Waals surface area contributed by atoms with Crippen molar-refractivity contribution in [3.63, 3.8) is 0 Å². The van der Waals surface area contributed by atoms with Crippen molar-refractivity contribution in [2.45, 2.75) is 13.3 Å². The van der Waals surface area contributed by atoms with Crippen LogP contribution in [0.4, 0.5) is 5.82 Å². The number of nitrogens with two attached hydrogens (primary N) is 1. The quantitative estimate of drug-likeness (QED) is 0.893. The highest BCUT2D eigenvalue weighted by atomic mass is 79.9. The molecule has 0 fully saturated rings. The van der Waals surface area contributed by atoms with Crippen molar-refractivity contribution in [3.05, 3.63) is 34.4 Å². The fourth-order valence-corrected chi connectivity index (χ4v) is 1.98. The van der Waals surface area contributed by atoms with E-state index in [1.807, 2.05) is 13.0 Å². The van der Waals surface area contributed by atoms with Gasteiger partial charge in [0.25, 0.3) is 0 Å². The Morgan fingerprint density at radius 1 is 1.35 bits per heavy atom. The Kier molecular flexibility index (Phi) is 3.28. The molecule has 0 aliphatic heterocycles. The maximum atomic E-state index is 9.43. The normalized spacial score (nSPS) is 10.5. The van der Waals surface area contributed by atoms with Crippen molar-refractivity contribution in [2.24, 2.45) is 0 Å². The molecule has 2 aromatic rings. The molecule has 0 unspecified atom stereocenters. The summed E-state index contributed by atoms with van der Waals surface area (Å²) in [5, 5.41) is 9.43. The average molecular weight is 294 g/mol. The summed E-state index contributed by atoms with van der Waals surface area (Å²) in [7, 11) is 0. The topological polar surface area (TPSA) is 72.0 Å². The fourth-order valence-electron chi connectivity index (χ4n) is 1.52. The molecule has 0 spiro atoms.